The van der Waals surface area contributed by atoms with Crippen molar-refractivity contribution in [3.63, 3.8) is 0 Å². The smallest absolute Gasteiger partial charge is 0.203 e. The molecule has 0 heterocycles. The van der Waals surface area contributed by atoms with Crippen LogP contribution in [0.3, 0.4) is 0 Å². The first kappa shape index (κ1) is 22.6. The fourth-order valence-electron chi connectivity index (χ4n) is 1.47. The van der Waals surface area contributed by atoms with E-state index in [-0.39, 0.29) is 0 Å². The van der Waals surface area contributed by atoms with Crippen molar-refractivity contribution in [1.82, 2.24) is 0 Å². The van der Waals surface area contributed by atoms with Crippen LogP contribution in [0.25, 0.3) is 0 Å². The van der Waals surface area contributed by atoms with E-state index in [0.717, 1.165) is 20.0 Å². The van der Waals surface area contributed by atoms with E-state index in [2.05, 4.69) is 0 Å². The largest absolute Gasteiger partial charge is 0.384 e. The molecule has 13 heteroatoms. The van der Waals surface area contributed by atoms with Crippen LogP contribution in [0.1, 0.15) is 0 Å². The summed E-state index contributed by atoms with van der Waals surface area (Å²) in [6.45, 7) is 2.92. The summed E-state index contributed by atoms with van der Waals surface area (Å²) in [7, 11) is -2.96. The Kier molecular flexibility index (Phi) is 5.74. The van der Waals surface area contributed by atoms with Crippen LogP contribution in [-0.2, 0) is 0 Å². The minimum atomic E-state index is -7.42. The van der Waals surface area contributed by atoms with Gasteiger partial charge in [-0.05, 0) is 0 Å². The fourth-order valence-corrected chi connectivity index (χ4v) is 2.86. The molecule has 0 unspecified atom stereocenters. The van der Waals surface area contributed by atoms with Gasteiger partial charge in [0.2, 0.25) is 0 Å². The first-order chi connectivity index (χ1) is 9.65. The molecule has 0 bridgehead atoms. The normalized spacial score (nSPS) is 16.2. The molecule has 140 valence electrons. The highest BCUT2D eigenvalue weighted by Crippen LogP contribution is 2.61. The van der Waals surface area contributed by atoms with Gasteiger partial charge in [0.05, 0.1) is 0 Å². The van der Waals surface area contributed by atoms with Crippen molar-refractivity contribution in [2.75, 3.05) is 26.2 Å². The van der Waals surface area contributed by atoms with Crippen LogP contribution >= 0.6 is 7.26 Å². The van der Waals surface area contributed by atoms with E-state index >= 15 is 0 Å². The van der Waals surface area contributed by atoms with Gasteiger partial charge in [-0.3, -0.25) is 0 Å². The van der Waals surface area contributed by atoms with Crippen LogP contribution in [-0.4, -0.2) is 62.2 Å². The highest BCUT2D eigenvalue weighted by atomic mass is 31.2. The van der Waals surface area contributed by atoms with Crippen molar-refractivity contribution < 1.29 is 52.7 Å². The summed E-state index contributed by atoms with van der Waals surface area (Å²) in [5.41, 5.74) is 0. The predicted octanol–water partition coefficient (Wildman–Crippen LogP) is 5.34. The highest BCUT2D eigenvalue weighted by molar-refractivity contribution is 7.73. The standard InChI is InChI=1S/C10H12F12P/c1-23(2,3)4-6(13,14)8(17,18)10(21,22)9(19,20)7(15,16)5(11)12/h5H,4H2,1-3H3/q+1. The van der Waals surface area contributed by atoms with Crippen LogP contribution in [0.2, 0.25) is 0 Å². The van der Waals surface area contributed by atoms with Crippen LogP contribution in [0.4, 0.5) is 52.7 Å². The predicted molar refractivity (Wildman–Crippen MR) is 60.3 cm³/mol. The van der Waals surface area contributed by atoms with Gasteiger partial charge in [-0.25, -0.2) is 8.78 Å². The summed E-state index contributed by atoms with van der Waals surface area (Å²) < 4.78 is 154. The molecule has 0 aromatic rings. The lowest BCUT2D eigenvalue weighted by molar-refractivity contribution is -0.409. The van der Waals surface area contributed by atoms with Crippen molar-refractivity contribution in [2.24, 2.45) is 0 Å². The topological polar surface area (TPSA) is 0 Å². The Balaban J connectivity index is 6.07. The molecule has 0 aliphatic carbocycles. The Morgan fingerprint density at radius 2 is 1.00 bits per heavy atom. The van der Waals surface area contributed by atoms with Crippen LogP contribution < -0.4 is 0 Å². The maximum atomic E-state index is 13.3. The van der Waals surface area contributed by atoms with Gasteiger partial charge in [-0.1, -0.05) is 0 Å². The lowest BCUT2D eigenvalue weighted by Gasteiger charge is -2.39. The average Bonchev–Trinajstić information content (AvgIpc) is 2.24. The first-order valence-electron chi connectivity index (χ1n) is 5.63. The molecule has 0 saturated carbocycles. The van der Waals surface area contributed by atoms with E-state index in [0.29, 0.717) is 0 Å². The van der Waals surface area contributed by atoms with E-state index in [1.54, 1.807) is 0 Å². The number of alkyl halides is 12. The summed E-state index contributed by atoms with van der Waals surface area (Å²) in [6.07, 6.45) is -7.44. The molecule has 0 aromatic carbocycles. The Morgan fingerprint density at radius 1 is 0.652 bits per heavy atom. The van der Waals surface area contributed by atoms with Crippen LogP contribution in [0.5, 0.6) is 0 Å². The minimum Gasteiger partial charge on any atom is -0.203 e. The fraction of sp³-hybridized carbons (Fsp3) is 1.00. The summed E-state index contributed by atoms with van der Waals surface area (Å²) in [4.78, 5) is 0. The average molecular weight is 391 g/mol. The second-order valence-electron chi connectivity index (χ2n) is 5.80. The zero-order valence-electron chi connectivity index (χ0n) is 11.8. The van der Waals surface area contributed by atoms with Crippen molar-refractivity contribution >= 4 is 7.26 Å². The molecule has 0 aliphatic rings. The summed E-state index contributed by atoms with van der Waals surface area (Å²) in [5.74, 6) is -34.6. The Labute approximate surface area is 123 Å². The zero-order chi connectivity index (χ0) is 19.3. The molecule has 0 amide bonds. The van der Waals surface area contributed by atoms with Crippen LogP contribution in [0, 0.1) is 0 Å². The Hall–Kier alpha value is -0.410. The summed E-state index contributed by atoms with van der Waals surface area (Å²) in [6, 6.07) is 0. The second-order valence-corrected chi connectivity index (χ2v) is 10.7. The van der Waals surface area contributed by atoms with Crippen molar-refractivity contribution in [3.05, 3.63) is 0 Å². The monoisotopic (exact) mass is 391 g/mol. The van der Waals surface area contributed by atoms with Gasteiger partial charge in [0, 0.05) is 27.3 Å². The Bertz CT molecular complexity index is 422. The molecule has 0 nitrogen and oxygen atoms in total. The summed E-state index contributed by atoms with van der Waals surface area (Å²) >= 11 is 0. The molecule has 0 rings (SSSR count). The van der Waals surface area contributed by atoms with Gasteiger partial charge in [0.25, 0.3) is 0 Å². The van der Waals surface area contributed by atoms with Crippen molar-refractivity contribution in [1.29, 1.82) is 0 Å². The van der Waals surface area contributed by atoms with E-state index in [9.17, 15) is 52.7 Å². The molecule has 0 saturated heterocycles. The SMILES string of the molecule is C[P+](C)(C)CC(F)(F)C(F)(F)C(F)(F)C(F)(F)C(F)(F)C(F)F. The van der Waals surface area contributed by atoms with Crippen molar-refractivity contribution in [2.45, 2.75) is 36.0 Å². The minimum absolute atomic E-state index is 0.973. The molecule has 0 aliphatic heterocycles. The lowest BCUT2D eigenvalue weighted by Crippen LogP contribution is -2.69. The molecule has 0 radical (unpaired) electrons. The van der Waals surface area contributed by atoms with Gasteiger partial charge < -0.3 is 0 Å². The third kappa shape index (κ3) is 3.66. The molecular weight excluding hydrogens is 379 g/mol. The lowest BCUT2D eigenvalue weighted by atomic mass is 9.95. The zero-order valence-corrected chi connectivity index (χ0v) is 12.7. The molecule has 0 atom stereocenters. The quantitative estimate of drug-likeness (QED) is 0.406. The molecule has 23 heavy (non-hydrogen) atoms. The maximum absolute atomic E-state index is 13.3. The molecule has 0 fully saturated rings. The Morgan fingerprint density at radius 3 is 1.26 bits per heavy atom. The van der Waals surface area contributed by atoms with E-state index in [1.165, 1.54) is 0 Å². The third-order valence-electron chi connectivity index (χ3n) is 2.61. The van der Waals surface area contributed by atoms with Gasteiger partial charge >= 0.3 is 36.0 Å². The summed E-state index contributed by atoms with van der Waals surface area (Å²) in [5, 5.41) is 0. The van der Waals surface area contributed by atoms with E-state index in [1.807, 2.05) is 0 Å². The van der Waals surface area contributed by atoms with Crippen molar-refractivity contribution in [3.8, 4) is 0 Å². The molecule has 0 N–H and O–H groups in total. The second kappa shape index (κ2) is 5.84. The molecular formula is C10H12F12P+. The number of rotatable bonds is 7. The van der Waals surface area contributed by atoms with E-state index < -0.39 is 49.5 Å². The number of halogens is 12. The van der Waals surface area contributed by atoms with Gasteiger partial charge in [-0.2, -0.15) is 43.9 Å². The maximum Gasteiger partial charge on any atom is 0.384 e. The van der Waals surface area contributed by atoms with Gasteiger partial charge in [-0.15, -0.1) is 0 Å². The van der Waals surface area contributed by atoms with Gasteiger partial charge in [0.1, 0.15) is 6.16 Å². The third-order valence-corrected chi connectivity index (χ3v) is 3.96. The highest BCUT2D eigenvalue weighted by Gasteiger charge is 2.88. The molecule has 0 aromatic heterocycles. The first-order valence-corrected chi connectivity index (χ1v) is 8.94. The molecule has 0 spiro atoms. The van der Waals surface area contributed by atoms with Crippen LogP contribution in [0.15, 0.2) is 0 Å². The van der Waals surface area contributed by atoms with Gasteiger partial charge in [0.15, 0.2) is 0 Å². The number of hydrogen-bond acceptors (Lipinski definition) is 0. The number of hydrogen-bond donors (Lipinski definition) is 0. The van der Waals surface area contributed by atoms with E-state index in [4.69, 9.17) is 0 Å².